The van der Waals surface area contributed by atoms with Gasteiger partial charge in [-0.25, -0.2) is 0 Å². The number of methoxy groups -OCH3 is 2. The molecule has 114 valence electrons. The van der Waals surface area contributed by atoms with Gasteiger partial charge in [0.25, 0.3) is 0 Å². The van der Waals surface area contributed by atoms with Crippen molar-refractivity contribution in [1.29, 1.82) is 0 Å². The summed E-state index contributed by atoms with van der Waals surface area (Å²) in [6.07, 6.45) is 0. The Balaban J connectivity index is 2.03. The Labute approximate surface area is 123 Å². The fourth-order valence-electron chi connectivity index (χ4n) is 1.85. The molecule has 7 nitrogen and oxygen atoms in total. The first kappa shape index (κ1) is 15.1. The molecule has 1 heterocycles. The summed E-state index contributed by atoms with van der Waals surface area (Å²) < 4.78 is 16.0. The van der Waals surface area contributed by atoms with Gasteiger partial charge in [0.05, 0.1) is 20.8 Å². The number of hydrogen-bond donors (Lipinski definition) is 1. The zero-order valence-electron chi connectivity index (χ0n) is 12.7. The van der Waals surface area contributed by atoms with Gasteiger partial charge >= 0.3 is 6.01 Å². The smallest absolute Gasteiger partial charge is 0.315 e. The van der Waals surface area contributed by atoms with Gasteiger partial charge in [-0.1, -0.05) is 5.10 Å². The van der Waals surface area contributed by atoms with Crippen LogP contribution in [0.5, 0.6) is 11.5 Å². The molecule has 7 heteroatoms. The van der Waals surface area contributed by atoms with E-state index in [1.165, 1.54) is 0 Å². The molecule has 0 fully saturated rings. The average molecular weight is 292 g/mol. The maximum Gasteiger partial charge on any atom is 0.315 e. The van der Waals surface area contributed by atoms with Crippen molar-refractivity contribution in [3.8, 4) is 11.5 Å². The Hall–Kier alpha value is -2.28. The molecule has 0 unspecified atom stereocenters. The van der Waals surface area contributed by atoms with Crippen molar-refractivity contribution in [2.24, 2.45) is 0 Å². The third kappa shape index (κ3) is 4.09. The first-order valence-electron chi connectivity index (χ1n) is 6.54. The first-order chi connectivity index (χ1) is 10.1. The molecule has 0 saturated heterocycles. The van der Waals surface area contributed by atoms with E-state index >= 15 is 0 Å². The van der Waals surface area contributed by atoms with Gasteiger partial charge < -0.3 is 24.1 Å². The summed E-state index contributed by atoms with van der Waals surface area (Å²) in [5.74, 6) is 2.11. The summed E-state index contributed by atoms with van der Waals surface area (Å²) in [5.41, 5.74) is 0.948. The lowest BCUT2D eigenvalue weighted by atomic mass is 10.2. The topological polar surface area (TPSA) is 72.7 Å². The Morgan fingerprint density at radius 1 is 1.19 bits per heavy atom. The number of rotatable bonds is 7. The Morgan fingerprint density at radius 2 is 2.00 bits per heavy atom. The summed E-state index contributed by atoms with van der Waals surface area (Å²) in [4.78, 5) is 1.96. The SMILES string of the molecule is COc1ccc(OC)c(CNc2nnc(CN(C)C)o2)c1. The molecule has 1 aromatic heterocycles. The van der Waals surface area contributed by atoms with Gasteiger partial charge in [0.2, 0.25) is 5.89 Å². The number of anilines is 1. The lowest BCUT2D eigenvalue weighted by Gasteiger charge is -2.10. The number of benzene rings is 1. The van der Waals surface area contributed by atoms with Crippen LogP contribution in [0.4, 0.5) is 6.01 Å². The van der Waals surface area contributed by atoms with Crippen LogP contribution in [0.2, 0.25) is 0 Å². The monoisotopic (exact) mass is 292 g/mol. The summed E-state index contributed by atoms with van der Waals surface area (Å²) in [7, 11) is 7.15. The molecule has 0 atom stereocenters. The van der Waals surface area contributed by atoms with Crippen LogP contribution in [-0.2, 0) is 13.1 Å². The molecule has 0 radical (unpaired) electrons. The van der Waals surface area contributed by atoms with Crippen LogP contribution in [0.3, 0.4) is 0 Å². The van der Waals surface area contributed by atoms with Crippen molar-refractivity contribution in [3.63, 3.8) is 0 Å². The lowest BCUT2D eigenvalue weighted by Crippen LogP contribution is -2.10. The quantitative estimate of drug-likeness (QED) is 0.833. The van der Waals surface area contributed by atoms with Crippen LogP contribution in [0.25, 0.3) is 0 Å². The van der Waals surface area contributed by atoms with Crippen LogP contribution in [0.15, 0.2) is 22.6 Å². The van der Waals surface area contributed by atoms with Gasteiger partial charge in [-0.15, -0.1) is 5.10 Å². The maximum atomic E-state index is 5.50. The zero-order valence-corrected chi connectivity index (χ0v) is 12.7. The van der Waals surface area contributed by atoms with Crippen molar-refractivity contribution in [3.05, 3.63) is 29.7 Å². The molecule has 0 aliphatic heterocycles. The Morgan fingerprint density at radius 3 is 2.67 bits per heavy atom. The minimum atomic E-state index is 0.386. The van der Waals surface area contributed by atoms with Crippen LogP contribution >= 0.6 is 0 Å². The van der Waals surface area contributed by atoms with E-state index in [0.717, 1.165) is 17.1 Å². The van der Waals surface area contributed by atoms with E-state index < -0.39 is 0 Å². The van der Waals surface area contributed by atoms with E-state index in [1.807, 2.05) is 37.2 Å². The summed E-state index contributed by atoms with van der Waals surface area (Å²) in [5, 5.41) is 11.0. The van der Waals surface area contributed by atoms with Gasteiger partial charge in [0.1, 0.15) is 11.5 Å². The molecule has 1 N–H and O–H groups in total. The Bertz CT molecular complexity index is 583. The van der Waals surface area contributed by atoms with Crippen molar-refractivity contribution in [2.75, 3.05) is 33.6 Å². The van der Waals surface area contributed by atoms with E-state index in [2.05, 4.69) is 15.5 Å². The molecule has 0 aliphatic rings. The van der Waals surface area contributed by atoms with Gasteiger partial charge in [-0.05, 0) is 32.3 Å². The molecule has 21 heavy (non-hydrogen) atoms. The molecule has 0 bridgehead atoms. The van der Waals surface area contributed by atoms with Crippen LogP contribution in [0, 0.1) is 0 Å². The summed E-state index contributed by atoms with van der Waals surface area (Å²) in [6, 6.07) is 6.01. The van der Waals surface area contributed by atoms with Crippen molar-refractivity contribution >= 4 is 6.01 Å². The largest absolute Gasteiger partial charge is 0.497 e. The third-order valence-electron chi connectivity index (χ3n) is 2.84. The molecule has 2 aromatic rings. The standard InChI is InChI=1S/C14H20N4O3/c1-18(2)9-13-16-17-14(21-13)15-8-10-7-11(19-3)5-6-12(10)20-4/h5-7H,8-9H2,1-4H3,(H,15,17). The van der Waals surface area contributed by atoms with E-state index in [4.69, 9.17) is 13.9 Å². The maximum absolute atomic E-state index is 5.50. The second-order valence-electron chi connectivity index (χ2n) is 4.77. The summed E-state index contributed by atoms with van der Waals surface area (Å²) >= 11 is 0. The highest BCUT2D eigenvalue weighted by Gasteiger charge is 2.09. The van der Waals surface area contributed by atoms with E-state index in [-0.39, 0.29) is 0 Å². The number of ether oxygens (including phenoxy) is 2. The number of aromatic nitrogens is 2. The Kier molecular flexibility index (Phi) is 4.99. The zero-order chi connectivity index (χ0) is 15.2. The fourth-order valence-corrected chi connectivity index (χ4v) is 1.85. The van der Waals surface area contributed by atoms with E-state index in [9.17, 15) is 0 Å². The van der Waals surface area contributed by atoms with Gasteiger partial charge in [-0.3, -0.25) is 0 Å². The van der Waals surface area contributed by atoms with Crippen molar-refractivity contribution < 1.29 is 13.9 Å². The van der Waals surface area contributed by atoms with Crippen LogP contribution in [-0.4, -0.2) is 43.4 Å². The lowest BCUT2D eigenvalue weighted by molar-refractivity contribution is 0.344. The second kappa shape index (κ2) is 6.94. The minimum Gasteiger partial charge on any atom is -0.497 e. The van der Waals surface area contributed by atoms with Gasteiger partial charge in [-0.2, -0.15) is 0 Å². The van der Waals surface area contributed by atoms with E-state index in [1.54, 1.807) is 14.2 Å². The average Bonchev–Trinajstić information content (AvgIpc) is 2.91. The fraction of sp³-hybridized carbons (Fsp3) is 0.429. The van der Waals surface area contributed by atoms with Crippen LogP contribution in [0.1, 0.15) is 11.5 Å². The highest BCUT2D eigenvalue weighted by Crippen LogP contribution is 2.24. The third-order valence-corrected chi connectivity index (χ3v) is 2.84. The van der Waals surface area contributed by atoms with Crippen molar-refractivity contribution in [2.45, 2.75) is 13.1 Å². The second-order valence-corrected chi connectivity index (χ2v) is 4.77. The number of nitrogens with zero attached hydrogens (tertiary/aromatic N) is 3. The molecule has 0 aliphatic carbocycles. The molecule has 1 aromatic carbocycles. The van der Waals surface area contributed by atoms with Crippen LogP contribution < -0.4 is 14.8 Å². The number of hydrogen-bond acceptors (Lipinski definition) is 7. The summed E-state index contributed by atoms with van der Waals surface area (Å²) in [6.45, 7) is 1.11. The molecular weight excluding hydrogens is 272 g/mol. The molecule has 2 rings (SSSR count). The molecular formula is C14H20N4O3. The van der Waals surface area contributed by atoms with E-state index in [0.29, 0.717) is 25.0 Å². The predicted octanol–water partition coefficient (Wildman–Crippen LogP) is 1.76. The van der Waals surface area contributed by atoms with Gasteiger partial charge in [0.15, 0.2) is 0 Å². The number of nitrogens with one attached hydrogen (secondary N) is 1. The predicted molar refractivity (Wildman–Crippen MR) is 78.6 cm³/mol. The molecule has 0 spiro atoms. The highest BCUT2D eigenvalue weighted by molar-refractivity contribution is 5.41. The highest BCUT2D eigenvalue weighted by atomic mass is 16.5. The van der Waals surface area contributed by atoms with Crippen molar-refractivity contribution in [1.82, 2.24) is 15.1 Å². The molecule has 0 saturated carbocycles. The van der Waals surface area contributed by atoms with Gasteiger partial charge in [0, 0.05) is 12.1 Å². The normalized spacial score (nSPS) is 10.7. The minimum absolute atomic E-state index is 0.386. The first-order valence-corrected chi connectivity index (χ1v) is 6.54. The molecule has 0 amide bonds.